The van der Waals surface area contributed by atoms with Gasteiger partial charge in [0.2, 0.25) is 5.91 Å². The van der Waals surface area contributed by atoms with E-state index in [0.717, 1.165) is 44.1 Å². The number of ether oxygens (including phenoxy) is 2. The molecule has 2 aliphatic rings. The first-order chi connectivity index (χ1) is 15.6. The van der Waals surface area contributed by atoms with E-state index in [4.69, 9.17) is 14.5 Å². The maximum atomic E-state index is 13.4. The van der Waals surface area contributed by atoms with Gasteiger partial charge in [0.1, 0.15) is 17.9 Å². The molecule has 2 aromatic rings. The van der Waals surface area contributed by atoms with E-state index in [2.05, 4.69) is 5.32 Å². The molecule has 1 saturated carbocycles. The van der Waals surface area contributed by atoms with Gasteiger partial charge in [0.15, 0.2) is 11.5 Å². The van der Waals surface area contributed by atoms with E-state index in [-0.39, 0.29) is 18.4 Å². The van der Waals surface area contributed by atoms with E-state index >= 15 is 0 Å². The number of benzene rings is 2. The first-order valence-electron chi connectivity index (χ1n) is 11.1. The van der Waals surface area contributed by atoms with E-state index < -0.39 is 5.66 Å². The average Bonchev–Trinajstić information content (AvgIpc) is 2.96. The Morgan fingerprint density at radius 2 is 1.69 bits per heavy atom. The van der Waals surface area contributed by atoms with Crippen LogP contribution in [0.25, 0.3) is 0 Å². The van der Waals surface area contributed by atoms with E-state index in [9.17, 15) is 9.59 Å². The molecule has 0 radical (unpaired) electrons. The van der Waals surface area contributed by atoms with Crippen molar-refractivity contribution in [2.24, 2.45) is 4.99 Å². The van der Waals surface area contributed by atoms with E-state index in [1.165, 1.54) is 0 Å². The molecule has 168 valence electrons. The van der Waals surface area contributed by atoms with Gasteiger partial charge in [0.25, 0.3) is 5.91 Å². The van der Waals surface area contributed by atoms with Crippen molar-refractivity contribution in [1.82, 2.24) is 4.90 Å². The smallest absolute Gasteiger partial charge is 0.275 e. The molecule has 1 heterocycles. The Morgan fingerprint density at radius 1 is 1.00 bits per heavy atom. The lowest BCUT2D eigenvalue weighted by Crippen LogP contribution is -2.50. The fourth-order valence-corrected chi connectivity index (χ4v) is 4.57. The molecular weight excluding hydrogens is 406 g/mol. The van der Waals surface area contributed by atoms with Crippen LogP contribution in [0.15, 0.2) is 53.5 Å². The number of hydrogen-bond acceptors (Lipinski definition) is 5. The predicted octanol–water partition coefficient (Wildman–Crippen LogP) is 4.02. The quantitative estimate of drug-likeness (QED) is 0.743. The van der Waals surface area contributed by atoms with Crippen molar-refractivity contribution in [3.63, 3.8) is 0 Å². The Hall–Kier alpha value is -3.35. The first kappa shape index (κ1) is 21.9. The Morgan fingerprint density at radius 3 is 2.34 bits per heavy atom. The van der Waals surface area contributed by atoms with Crippen molar-refractivity contribution < 1.29 is 19.1 Å². The van der Waals surface area contributed by atoms with Gasteiger partial charge in [-0.1, -0.05) is 43.2 Å². The topological polar surface area (TPSA) is 80.2 Å². The van der Waals surface area contributed by atoms with Crippen LogP contribution in [-0.4, -0.2) is 48.9 Å². The highest BCUT2D eigenvalue weighted by atomic mass is 16.5. The number of nitrogens with zero attached hydrogens (tertiary/aromatic N) is 2. The molecule has 2 aromatic carbocycles. The third-order valence-corrected chi connectivity index (χ3v) is 6.19. The monoisotopic (exact) mass is 435 g/mol. The maximum Gasteiger partial charge on any atom is 0.275 e. The number of nitrogens with one attached hydrogen (secondary N) is 1. The van der Waals surface area contributed by atoms with Gasteiger partial charge in [-0.3, -0.25) is 14.6 Å². The molecule has 0 bridgehead atoms. The SMILES string of the molecule is COc1ccc(NC(=O)CN2C(=O)C(c3ccccc3)=NC23CCCCCC3)cc1OC. The molecule has 7 nitrogen and oxygen atoms in total. The fourth-order valence-electron chi connectivity index (χ4n) is 4.57. The highest BCUT2D eigenvalue weighted by Crippen LogP contribution is 2.38. The minimum absolute atomic E-state index is 0.0486. The number of aliphatic imine (C=N–C) groups is 1. The van der Waals surface area contributed by atoms with Crippen molar-refractivity contribution >= 4 is 23.2 Å². The molecule has 4 rings (SSSR count). The summed E-state index contributed by atoms with van der Waals surface area (Å²) in [5.41, 5.74) is 1.18. The van der Waals surface area contributed by atoms with Gasteiger partial charge < -0.3 is 19.7 Å². The summed E-state index contributed by atoms with van der Waals surface area (Å²) in [6.45, 7) is -0.0486. The van der Waals surface area contributed by atoms with Gasteiger partial charge >= 0.3 is 0 Å². The zero-order valence-electron chi connectivity index (χ0n) is 18.6. The van der Waals surface area contributed by atoms with Crippen LogP contribution >= 0.6 is 0 Å². The van der Waals surface area contributed by atoms with Crippen LogP contribution in [0.4, 0.5) is 5.69 Å². The second-order valence-corrected chi connectivity index (χ2v) is 8.23. The Labute approximate surface area is 188 Å². The third kappa shape index (κ3) is 4.33. The summed E-state index contributed by atoms with van der Waals surface area (Å²) >= 11 is 0. The third-order valence-electron chi connectivity index (χ3n) is 6.19. The number of carbonyl (C=O) groups excluding carboxylic acids is 2. The number of hydrogen-bond donors (Lipinski definition) is 1. The van der Waals surface area contributed by atoms with Crippen LogP contribution in [0.1, 0.15) is 44.1 Å². The molecule has 1 fully saturated rings. The van der Waals surface area contributed by atoms with Gasteiger partial charge in [-0.15, -0.1) is 0 Å². The summed E-state index contributed by atoms with van der Waals surface area (Å²) in [6.07, 6.45) is 5.78. The molecule has 0 aromatic heterocycles. The van der Waals surface area contributed by atoms with Crippen LogP contribution in [-0.2, 0) is 9.59 Å². The van der Waals surface area contributed by atoms with Crippen molar-refractivity contribution in [3.8, 4) is 11.5 Å². The Balaban J connectivity index is 1.57. The van der Waals surface area contributed by atoms with Crippen molar-refractivity contribution in [3.05, 3.63) is 54.1 Å². The lowest BCUT2D eigenvalue weighted by Gasteiger charge is -2.35. The standard InChI is InChI=1S/C25H29N3O4/c1-31-20-13-12-19(16-21(20)32-2)26-22(29)17-28-24(30)23(18-10-6-5-7-11-18)27-25(28)14-8-3-4-9-15-25/h5-7,10-13,16H,3-4,8-9,14-15,17H2,1-2H3,(H,26,29). The van der Waals surface area contributed by atoms with Gasteiger partial charge in [-0.2, -0.15) is 0 Å². The van der Waals surface area contributed by atoms with Crippen molar-refractivity contribution in [2.75, 3.05) is 26.1 Å². The van der Waals surface area contributed by atoms with Gasteiger partial charge in [0.05, 0.1) is 14.2 Å². The van der Waals surface area contributed by atoms with Crippen molar-refractivity contribution in [1.29, 1.82) is 0 Å². The molecule has 0 saturated heterocycles. The largest absolute Gasteiger partial charge is 0.493 e. The van der Waals surface area contributed by atoms with Gasteiger partial charge in [0, 0.05) is 17.3 Å². The summed E-state index contributed by atoms with van der Waals surface area (Å²) in [5, 5.41) is 2.89. The van der Waals surface area contributed by atoms with Crippen LogP contribution in [0, 0.1) is 0 Å². The Kier molecular flexibility index (Phi) is 6.44. The molecule has 1 aliphatic carbocycles. The number of anilines is 1. The minimum atomic E-state index is -0.645. The fraction of sp³-hybridized carbons (Fsp3) is 0.400. The summed E-state index contributed by atoms with van der Waals surface area (Å²) in [4.78, 5) is 33.1. The minimum Gasteiger partial charge on any atom is -0.493 e. The van der Waals surface area contributed by atoms with Crippen LogP contribution in [0.5, 0.6) is 11.5 Å². The number of amides is 2. The number of carbonyl (C=O) groups is 2. The summed E-state index contributed by atoms with van der Waals surface area (Å²) in [5.74, 6) is 0.662. The molecule has 0 unspecified atom stereocenters. The second-order valence-electron chi connectivity index (χ2n) is 8.23. The Bertz CT molecular complexity index is 1010. The molecule has 7 heteroatoms. The van der Waals surface area contributed by atoms with Crippen LogP contribution in [0.3, 0.4) is 0 Å². The van der Waals surface area contributed by atoms with E-state index in [0.29, 0.717) is 22.9 Å². The molecule has 1 aliphatic heterocycles. The first-order valence-corrected chi connectivity index (χ1v) is 11.1. The lowest BCUT2D eigenvalue weighted by atomic mass is 10.00. The normalized spacial score (nSPS) is 17.6. The molecular formula is C25H29N3O4. The van der Waals surface area contributed by atoms with Crippen LogP contribution < -0.4 is 14.8 Å². The zero-order valence-corrected chi connectivity index (χ0v) is 18.6. The average molecular weight is 436 g/mol. The van der Waals surface area contributed by atoms with E-state index in [1.54, 1.807) is 37.3 Å². The molecule has 1 spiro atoms. The van der Waals surface area contributed by atoms with E-state index in [1.807, 2.05) is 30.3 Å². The van der Waals surface area contributed by atoms with Crippen LogP contribution in [0.2, 0.25) is 0 Å². The summed E-state index contributed by atoms with van der Waals surface area (Å²) in [7, 11) is 3.11. The molecule has 32 heavy (non-hydrogen) atoms. The van der Waals surface area contributed by atoms with Gasteiger partial charge in [-0.25, -0.2) is 0 Å². The molecule has 0 atom stereocenters. The highest BCUT2D eigenvalue weighted by Gasteiger charge is 2.47. The lowest BCUT2D eigenvalue weighted by molar-refractivity contribution is -0.133. The molecule has 2 amide bonds. The van der Waals surface area contributed by atoms with Gasteiger partial charge in [-0.05, 0) is 37.8 Å². The van der Waals surface area contributed by atoms with Crippen molar-refractivity contribution in [2.45, 2.75) is 44.2 Å². The zero-order chi connectivity index (χ0) is 22.6. The second kappa shape index (κ2) is 9.42. The number of rotatable bonds is 6. The summed E-state index contributed by atoms with van der Waals surface area (Å²) < 4.78 is 10.6. The molecule has 1 N–H and O–H groups in total. The number of methoxy groups -OCH3 is 2. The summed E-state index contributed by atoms with van der Waals surface area (Å²) in [6, 6.07) is 14.7. The predicted molar refractivity (Wildman–Crippen MR) is 123 cm³/mol. The highest BCUT2D eigenvalue weighted by molar-refractivity contribution is 6.47. The maximum absolute atomic E-state index is 13.4.